The molecular weight excluding hydrogens is 403 g/mol. The van der Waals surface area contributed by atoms with Crippen molar-refractivity contribution in [1.29, 1.82) is 0 Å². The Morgan fingerprint density at radius 3 is 2.66 bits per heavy atom. The number of carbonyl (C=O) groups excluding carboxylic acids is 1. The molecule has 0 aliphatic rings. The number of amides is 1. The van der Waals surface area contributed by atoms with E-state index >= 15 is 0 Å². The molecule has 29 heavy (non-hydrogen) atoms. The number of rotatable bonds is 5. The number of hydrogen-bond donors (Lipinski definition) is 1. The maximum absolute atomic E-state index is 13.0. The van der Waals surface area contributed by atoms with Crippen LogP contribution in [0.3, 0.4) is 0 Å². The van der Waals surface area contributed by atoms with Crippen LogP contribution in [0.1, 0.15) is 18.2 Å². The number of hydrogen-bond acceptors (Lipinski definition) is 5. The number of benzene rings is 1. The number of pyridine rings is 1. The van der Waals surface area contributed by atoms with E-state index in [4.69, 9.17) is 9.15 Å². The molecule has 3 aromatic rings. The van der Waals surface area contributed by atoms with Crippen LogP contribution in [0.4, 0.5) is 32.4 Å². The van der Waals surface area contributed by atoms with E-state index < -0.39 is 36.0 Å². The highest BCUT2D eigenvalue weighted by Gasteiger charge is 2.33. The van der Waals surface area contributed by atoms with Gasteiger partial charge in [-0.05, 0) is 18.2 Å². The zero-order chi connectivity index (χ0) is 21.2. The number of aromatic nitrogens is 1. The van der Waals surface area contributed by atoms with Crippen molar-refractivity contribution in [3.8, 4) is 11.6 Å². The molecule has 0 spiro atoms. The predicted molar refractivity (Wildman–Crippen MR) is 91.1 cm³/mol. The third-order valence-electron chi connectivity index (χ3n) is 3.76. The van der Waals surface area contributed by atoms with Crippen LogP contribution in [0.5, 0.6) is 11.6 Å². The number of anilines is 1. The van der Waals surface area contributed by atoms with Gasteiger partial charge in [-0.3, -0.25) is 5.32 Å². The third-order valence-corrected chi connectivity index (χ3v) is 3.76. The first-order valence-corrected chi connectivity index (χ1v) is 8.20. The zero-order valence-corrected chi connectivity index (χ0v) is 14.7. The Balaban J connectivity index is 1.89. The molecule has 1 aromatic carbocycles. The van der Waals surface area contributed by atoms with Crippen molar-refractivity contribution >= 4 is 22.7 Å². The minimum atomic E-state index is -4.69. The maximum atomic E-state index is 13.0. The second kappa shape index (κ2) is 7.94. The van der Waals surface area contributed by atoms with Gasteiger partial charge in [-0.15, -0.1) is 0 Å². The molecule has 0 bridgehead atoms. The van der Waals surface area contributed by atoms with Crippen LogP contribution < -0.4 is 14.8 Å². The van der Waals surface area contributed by atoms with E-state index in [1.54, 1.807) is 6.92 Å². The van der Waals surface area contributed by atoms with Gasteiger partial charge in [-0.25, -0.2) is 9.78 Å². The number of carbonyl (C=O) groups is 1. The molecule has 0 saturated carbocycles. The van der Waals surface area contributed by atoms with Gasteiger partial charge in [0, 0.05) is 6.42 Å². The Bertz CT molecular complexity index is 1030. The molecule has 0 fully saturated rings. The van der Waals surface area contributed by atoms with Crippen LogP contribution in [-0.4, -0.2) is 17.7 Å². The highest BCUT2D eigenvalue weighted by atomic mass is 19.4. The highest BCUT2D eigenvalue weighted by Crippen LogP contribution is 2.36. The lowest BCUT2D eigenvalue weighted by atomic mass is 10.2. The van der Waals surface area contributed by atoms with E-state index in [2.05, 4.69) is 9.72 Å². The van der Waals surface area contributed by atoms with Crippen LogP contribution in [-0.2, 0) is 12.6 Å². The van der Waals surface area contributed by atoms with E-state index in [0.29, 0.717) is 12.2 Å². The lowest BCUT2D eigenvalue weighted by molar-refractivity contribution is -0.136. The highest BCUT2D eigenvalue weighted by molar-refractivity contribution is 5.93. The number of halogens is 5. The molecule has 154 valence electrons. The fraction of sp³-hybridized carbons (Fsp3) is 0.222. The summed E-state index contributed by atoms with van der Waals surface area (Å²) < 4.78 is 78.9. The first-order chi connectivity index (χ1) is 13.7. The summed E-state index contributed by atoms with van der Waals surface area (Å²) in [4.78, 5) is 15.8. The molecule has 0 aliphatic heterocycles. The Hall–Kier alpha value is -3.37. The van der Waals surface area contributed by atoms with Crippen molar-refractivity contribution in [1.82, 2.24) is 4.98 Å². The van der Waals surface area contributed by atoms with E-state index in [1.165, 1.54) is 18.2 Å². The molecule has 6 nitrogen and oxygen atoms in total. The molecule has 2 heterocycles. The number of furan rings is 1. The fourth-order valence-corrected chi connectivity index (χ4v) is 2.53. The van der Waals surface area contributed by atoms with Crippen LogP contribution in [0.15, 0.2) is 40.9 Å². The Kier molecular flexibility index (Phi) is 5.57. The lowest BCUT2D eigenvalue weighted by Crippen LogP contribution is -2.20. The summed E-state index contributed by atoms with van der Waals surface area (Å²) in [5.41, 5.74) is -1.74. The van der Waals surface area contributed by atoms with Crippen LogP contribution in [0.2, 0.25) is 0 Å². The number of nitrogens with zero attached hydrogens (tertiary/aromatic N) is 1. The molecule has 0 unspecified atom stereocenters. The number of aryl methyl sites for hydroxylation is 1. The summed E-state index contributed by atoms with van der Waals surface area (Å²) in [6, 6.07) is 5.78. The van der Waals surface area contributed by atoms with Gasteiger partial charge in [0.2, 0.25) is 0 Å². The quantitative estimate of drug-likeness (QED) is 0.547. The standard InChI is InChI=1S/C18H13F5N2O4/c1-2-9-7-10-13(8-24-15(14(10)27-9)29-16(19)20)28-17(26)25-12-6-4-3-5-11(12)18(21,22)23/h3-8,16H,2H2,1H3,(H,25,26). The van der Waals surface area contributed by atoms with Gasteiger partial charge in [0.1, 0.15) is 5.76 Å². The summed E-state index contributed by atoms with van der Waals surface area (Å²) in [5, 5.41) is 2.11. The zero-order valence-electron chi connectivity index (χ0n) is 14.7. The van der Waals surface area contributed by atoms with Crippen LogP contribution in [0, 0.1) is 0 Å². The smallest absolute Gasteiger partial charge is 0.418 e. The van der Waals surface area contributed by atoms with Crippen molar-refractivity contribution in [3.63, 3.8) is 0 Å². The van der Waals surface area contributed by atoms with Crippen LogP contribution in [0.25, 0.3) is 11.0 Å². The first-order valence-electron chi connectivity index (χ1n) is 8.20. The van der Waals surface area contributed by atoms with Gasteiger partial charge < -0.3 is 13.9 Å². The molecular formula is C18H13F5N2O4. The van der Waals surface area contributed by atoms with Gasteiger partial charge in [0.15, 0.2) is 11.3 Å². The average molecular weight is 416 g/mol. The van der Waals surface area contributed by atoms with Crippen molar-refractivity contribution in [2.45, 2.75) is 26.1 Å². The number of nitrogens with one attached hydrogen (secondary N) is 1. The number of ether oxygens (including phenoxy) is 2. The molecule has 0 saturated heterocycles. The van der Waals surface area contributed by atoms with Crippen LogP contribution >= 0.6 is 0 Å². The summed E-state index contributed by atoms with van der Waals surface area (Å²) in [6.45, 7) is -1.42. The normalized spacial score (nSPS) is 11.7. The monoisotopic (exact) mass is 416 g/mol. The Morgan fingerprint density at radius 2 is 2.00 bits per heavy atom. The lowest BCUT2D eigenvalue weighted by Gasteiger charge is -2.13. The van der Waals surface area contributed by atoms with Gasteiger partial charge in [-0.1, -0.05) is 19.1 Å². The minimum Gasteiger partial charge on any atom is -0.455 e. The number of fused-ring (bicyclic) bond motifs is 1. The molecule has 3 rings (SSSR count). The van der Waals surface area contributed by atoms with Crippen molar-refractivity contribution in [3.05, 3.63) is 47.9 Å². The molecule has 0 aliphatic carbocycles. The Labute approximate surface area is 160 Å². The van der Waals surface area contributed by atoms with Crippen molar-refractivity contribution < 1.29 is 40.6 Å². The maximum Gasteiger partial charge on any atom is 0.418 e. The van der Waals surface area contributed by atoms with E-state index in [1.807, 2.05) is 5.32 Å². The van der Waals surface area contributed by atoms with Crippen molar-refractivity contribution in [2.75, 3.05) is 5.32 Å². The van der Waals surface area contributed by atoms with E-state index in [-0.39, 0.29) is 16.7 Å². The Morgan fingerprint density at radius 1 is 1.28 bits per heavy atom. The van der Waals surface area contributed by atoms with Gasteiger partial charge in [0.05, 0.1) is 22.8 Å². The largest absolute Gasteiger partial charge is 0.455 e. The van der Waals surface area contributed by atoms with Gasteiger partial charge >= 0.3 is 18.9 Å². The summed E-state index contributed by atoms with van der Waals surface area (Å²) in [7, 11) is 0. The predicted octanol–water partition coefficient (Wildman–Crippen LogP) is 5.62. The van der Waals surface area contributed by atoms with E-state index in [0.717, 1.165) is 18.3 Å². The molecule has 2 aromatic heterocycles. The molecule has 0 radical (unpaired) electrons. The fourth-order valence-electron chi connectivity index (χ4n) is 2.53. The first kappa shape index (κ1) is 20.4. The second-order valence-electron chi connectivity index (χ2n) is 5.67. The third kappa shape index (κ3) is 4.55. The minimum absolute atomic E-state index is 0.103. The summed E-state index contributed by atoms with van der Waals surface area (Å²) in [5.74, 6) is -0.336. The molecule has 0 atom stereocenters. The van der Waals surface area contributed by atoms with E-state index in [9.17, 15) is 26.7 Å². The summed E-state index contributed by atoms with van der Waals surface area (Å²) in [6.07, 6.45) is -4.59. The molecule has 1 N–H and O–H groups in total. The van der Waals surface area contributed by atoms with Gasteiger partial charge in [-0.2, -0.15) is 22.0 Å². The molecule has 1 amide bonds. The molecule has 11 heteroatoms. The number of alkyl halides is 5. The number of para-hydroxylation sites is 1. The average Bonchev–Trinajstić information content (AvgIpc) is 3.08. The summed E-state index contributed by atoms with van der Waals surface area (Å²) >= 11 is 0. The topological polar surface area (TPSA) is 73.6 Å². The SMILES string of the molecule is CCc1cc2c(OC(=O)Nc3ccccc3C(F)(F)F)cnc(OC(F)F)c2o1. The van der Waals surface area contributed by atoms with Gasteiger partial charge in [0.25, 0.3) is 5.88 Å². The second-order valence-corrected chi connectivity index (χ2v) is 5.67. The van der Waals surface area contributed by atoms with Crippen molar-refractivity contribution in [2.24, 2.45) is 0 Å².